The van der Waals surface area contributed by atoms with Crippen molar-refractivity contribution in [2.45, 2.75) is 32.6 Å². The molecule has 1 fully saturated rings. The summed E-state index contributed by atoms with van der Waals surface area (Å²) >= 11 is 0. The summed E-state index contributed by atoms with van der Waals surface area (Å²) in [5, 5.41) is 21.5. The van der Waals surface area contributed by atoms with E-state index in [1.165, 1.54) is 10.9 Å². The van der Waals surface area contributed by atoms with E-state index in [0.717, 1.165) is 41.9 Å². The highest BCUT2D eigenvalue weighted by Gasteiger charge is 2.31. The molecule has 0 spiro atoms. The third-order valence-electron chi connectivity index (χ3n) is 5.70. The number of likely N-dealkylation sites (tertiary alicyclic amines) is 1. The number of pyridine rings is 1. The van der Waals surface area contributed by atoms with Crippen LogP contribution in [-0.2, 0) is 19.6 Å². The molecule has 1 aromatic heterocycles. The summed E-state index contributed by atoms with van der Waals surface area (Å²) in [5.41, 5.74) is 4.18. The van der Waals surface area contributed by atoms with E-state index in [9.17, 15) is 10.2 Å². The fraction of sp³-hybridized carbons (Fsp3) is 0.375. The Morgan fingerprint density at radius 2 is 1.97 bits per heavy atom. The average Bonchev–Trinajstić information content (AvgIpc) is 3.08. The second kappa shape index (κ2) is 8.91. The Morgan fingerprint density at radius 3 is 2.79 bits per heavy atom. The Balaban J connectivity index is 1.45. The van der Waals surface area contributed by atoms with Gasteiger partial charge in [-0.05, 0) is 48.7 Å². The number of para-hydroxylation sites is 1. The monoisotopic (exact) mass is 392 g/mol. The van der Waals surface area contributed by atoms with Crippen LogP contribution in [-0.4, -0.2) is 45.9 Å². The van der Waals surface area contributed by atoms with Gasteiger partial charge >= 0.3 is 0 Å². The highest BCUT2D eigenvalue weighted by Crippen LogP contribution is 2.27. The Labute approximate surface area is 171 Å². The number of ether oxygens (including phenoxy) is 1. The minimum atomic E-state index is -0.345. The Bertz CT molecular complexity index is 970. The Kier molecular flexibility index (Phi) is 6.09. The van der Waals surface area contributed by atoms with Crippen LogP contribution in [0.2, 0.25) is 0 Å². The molecule has 2 atom stereocenters. The average molecular weight is 392 g/mol. The Morgan fingerprint density at radius 1 is 1.10 bits per heavy atom. The van der Waals surface area contributed by atoms with Gasteiger partial charge < -0.3 is 14.9 Å². The van der Waals surface area contributed by atoms with Crippen molar-refractivity contribution in [1.82, 2.24) is 9.88 Å². The van der Waals surface area contributed by atoms with Gasteiger partial charge in [0.1, 0.15) is 5.75 Å². The van der Waals surface area contributed by atoms with E-state index >= 15 is 0 Å². The molecule has 0 amide bonds. The second-order valence-corrected chi connectivity index (χ2v) is 7.75. The standard InChI is InChI=1S/C24H28N2O3/c1-2-29-24-8-7-17(11-20(24)16-27)13-26-14-19(23(28)15-26)12-18-9-10-25-22-6-4-3-5-21(18)22/h3-11,19,23,27-28H,2,12-16H2,1H3/t19-,23-/m1/s1. The van der Waals surface area contributed by atoms with Gasteiger partial charge in [0, 0.05) is 42.7 Å². The molecule has 2 N–H and O–H groups in total. The highest BCUT2D eigenvalue weighted by atomic mass is 16.5. The van der Waals surface area contributed by atoms with Gasteiger partial charge in [-0.15, -0.1) is 0 Å². The minimum absolute atomic E-state index is 0.0382. The second-order valence-electron chi connectivity index (χ2n) is 7.75. The third-order valence-corrected chi connectivity index (χ3v) is 5.70. The van der Waals surface area contributed by atoms with Crippen LogP contribution >= 0.6 is 0 Å². The number of hydrogen-bond donors (Lipinski definition) is 2. The molecule has 2 aromatic carbocycles. The molecular formula is C24H28N2O3. The van der Waals surface area contributed by atoms with Crippen LogP contribution in [0, 0.1) is 5.92 Å². The van der Waals surface area contributed by atoms with E-state index < -0.39 is 0 Å². The molecule has 0 aliphatic carbocycles. The zero-order chi connectivity index (χ0) is 20.2. The molecule has 3 aromatic rings. The number of fused-ring (bicyclic) bond motifs is 1. The van der Waals surface area contributed by atoms with Crippen molar-refractivity contribution in [3.63, 3.8) is 0 Å². The summed E-state index contributed by atoms with van der Waals surface area (Å²) in [4.78, 5) is 6.73. The number of β-amino-alcohol motifs (C(OH)–C–C–N with tert-alkyl or cyclic N) is 1. The van der Waals surface area contributed by atoms with E-state index in [0.29, 0.717) is 13.2 Å². The molecule has 0 unspecified atom stereocenters. The number of rotatable bonds is 7. The normalized spacial score (nSPS) is 19.7. The zero-order valence-electron chi connectivity index (χ0n) is 16.8. The van der Waals surface area contributed by atoms with Crippen LogP contribution in [0.3, 0.4) is 0 Å². The van der Waals surface area contributed by atoms with Gasteiger partial charge in [-0.2, -0.15) is 0 Å². The maximum Gasteiger partial charge on any atom is 0.124 e. The first-order chi connectivity index (χ1) is 14.2. The molecule has 0 saturated carbocycles. The van der Waals surface area contributed by atoms with Crippen molar-refractivity contribution in [3.05, 3.63) is 71.4 Å². The number of aliphatic hydroxyl groups excluding tert-OH is 2. The molecule has 2 heterocycles. The molecule has 1 aliphatic heterocycles. The van der Waals surface area contributed by atoms with Crippen LogP contribution in [0.15, 0.2) is 54.7 Å². The van der Waals surface area contributed by atoms with Gasteiger partial charge in [-0.3, -0.25) is 9.88 Å². The first kappa shape index (κ1) is 19.8. The molecule has 152 valence electrons. The summed E-state index contributed by atoms with van der Waals surface area (Å²) in [6.07, 6.45) is 2.35. The molecule has 0 radical (unpaired) electrons. The van der Waals surface area contributed by atoms with Crippen LogP contribution in [0.5, 0.6) is 5.75 Å². The van der Waals surface area contributed by atoms with Gasteiger partial charge in [0.05, 0.1) is 24.8 Å². The summed E-state index contributed by atoms with van der Waals surface area (Å²) in [5.74, 6) is 0.934. The summed E-state index contributed by atoms with van der Waals surface area (Å²) in [7, 11) is 0. The predicted octanol–water partition coefficient (Wildman–Crippen LogP) is 3.16. The number of nitrogens with zero attached hydrogens (tertiary/aromatic N) is 2. The van der Waals surface area contributed by atoms with Crippen molar-refractivity contribution in [1.29, 1.82) is 0 Å². The zero-order valence-corrected chi connectivity index (χ0v) is 16.8. The van der Waals surface area contributed by atoms with Crippen molar-refractivity contribution < 1.29 is 14.9 Å². The van der Waals surface area contributed by atoms with Gasteiger partial charge in [-0.1, -0.05) is 24.3 Å². The minimum Gasteiger partial charge on any atom is -0.494 e. The van der Waals surface area contributed by atoms with E-state index in [2.05, 4.69) is 22.0 Å². The smallest absolute Gasteiger partial charge is 0.124 e. The van der Waals surface area contributed by atoms with Gasteiger partial charge in [0.25, 0.3) is 0 Å². The number of aliphatic hydroxyl groups is 2. The lowest BCUT2D eigenvalue weighted by atomic mass is 9.94. The van der Waals surface area contributed by atoms with Crippen molar-refractivity contribution >= 4 is 10.9 Å². The van der Waals surface area contributed by atoms with E-state index in [1.54, 1.807) is 0 Å². The lowest BCUT2D eigenvalue weighted by molar-refractivity contribution is 0.141. The van der Waals surface area contributed by atoms with E-state index in [4.69, 9.17) is 4.74 Å². The summed E-state index contributed by atoms with van der Waals surface area (Å²) in [6, 6.07) is 16.2. The molecular weight excluding hydrogens is 364 g/mol. The third kappa shape index (κ3) is 4.42. The molecule has 0 bridgehead atoms. The van der Waals surface area contributed by atoms with Crippen molar-refractivity contribution in [2.24, 2.45) is 5.92 Å². The van der Waals surface area contributed by atoms with Crippen molar-refractivity contribution in [2.75, 3.05) is 19.7 Å². The topological polar surface area (TPSA) is 65.8 Å². The lowest BCUT2D eigenvalue weighted by Crippen LogP contribution is -2.21. The maximum absolute atomic E-state index is 10.7. The SMILES string of the molecule is CCOc1ccc(CN2C[C@@H](Cc3ccnc4ccccc34)[C@H](O)C2)cc1CO. The molecule has 5 nitrogen and oxygen atoms in total. The first-order valence-corrected chi connectivity index (χ1v) is 10.3. The van der Waals surface area contributed by atoms with Crippen LogP contribution in [0.1, 0.15) is 23.6 Å². The van der Waals surface area contributed by atoms with Gasteiger partial charge in [-0.25, -0.2) is 0 Å². The van der Waals surface area contributed by atoms with E-state index in [1.807, 2.05) is 49.5 Å². The van der Waals surface area contributed by atoms with Crippen LogP contribution in [0.25, 0.3) is 10.9 Å². The lowest BCUT2D eigenvalue weighted by Gasteiger charge is -2.17. The molecule has 29 heavy (non-hydrogen) atoms. The van der Waals surface area contributed by atoms with Gasteiger partial charge in [0.2, 0.25) is 0 Å². The molecule has 1 aliphatic rings. The predicted molar refractivity (Wildman–Crippen MR) is 114 cm³/mol. The molecule has 4 rings (SSSR count). The van der Waals surface area contributed by atoms with E-state index in [-0.39, 0.29) is 18.6 Å². The molecule has 1 saturated heterocycles. The number of hydrogen-bond acceptors (Lipinski definition) is 5. The number of aromatic nitrogens is 1. The maximum atomic E-state index is 10.7. The van der Waals surface area contributed by atoms with Gasteiger partial charge in [0.15, 0.2) is 0 Å². The fourth-order valence-corrected chi connectivity index (χ4v) is 4.30. The Hall–Kier alpha value is -2.47. The highest BCUT2D eigenvalue weighted by molar-refractivity contribution is 5.81. The molecule has 5 heteroatoms. The number of benzene rings is 2. The fourth-order valence-electron chi connectivity index (χ4n) is 4.30. The van der Waals surface area contributed by atoms with Crippen molar-refractivity contribution in [3.8, 4) is 5.75 Å². The van der Waals surface area contributed by atoms with Crippen LogP contribution < -0.4 is 4.74 Å². The summed E-state index contributed by atoms with van der Waals surface area (Å²) < 4.78 is 5.57. The van der Waals surface area contributed by atoms with Crippen LogP contribution in [0.4, 0.5) is 0 Å². The largest absolute Gasteiger partial charge is 0.494 e. The first-order valence-electron chi connectivity index (χ1n) is 10.3. The summed E-state index contributed by atoms with van der Waals surface area (Å²) in [6.45, 7) is 4.74. The quantitative estimate of drug-likeness (QED) is 0.647.